The van der Waals surface area contributed by atoms with Crippen molar-refractivity contribution in [1.82, 2.24) is 13.9 Å². The molecule has 0 bridgehead atoms. The molecular weight excluding hydrogens is 440 g/mol. The normalized spacial score (nSPS) is 19.5. The Bertz CT molecular complexity index is 1270. The Kier molecular flexibility index (Phi) is 6.45. The number of carbonyl (C=O) groups excluding carboxylic acids is 1. The van der Waals surface area contributed by atoms with Gasteiger partial charge in [-0.25, -0.2) is 13.4 Å². The predicted molar refractivity (Wildman–Crippen MR) is 128 cm³/mol. The second kappa shape index (κ2) is 9.15. The number of fused-ring (bicyclic) bond motifs is 1. The van der Waals surface area contributed by atoms with E-state index in [0.717, 1.165) is 17.5 Å². The maximum Gasteiger partial charge on any atom is 0.258 e. The molecule has 4 rings (SSSR count). The molecule has 0 spiro atoms. The number of nitrogens with one attached hydrogen (secondary N) is 1. The number of hydrogen-bond donors (Lipinski definition) is 1. The lowest BCUT2D eigenvalue weighted by atomic mass is 9.94. The van der Waals surface area contributed by atoms with Gasteiger partial charge in [-0.05, 0) is 55.5 Å². The van der Waals surface area contributed by atoms with E-state index in [1.807, 2.05) is 35.8 Å². The predicted octanol–water partition coefficient (Wildman–Crippen LogP) is 3.98. The number of nitrogens with zero attached hydrogens (tertiary/aromatic N) is 3. The Morgan fingerprint density at radius 2 is 1.85 bits per heavy atom. The summed E-state index contributed by atoms with van der Waals surface area (Å²) in [7, 11) is -2.40. The van der Waals surface area contributed by atoms with Crippen LogP contribution in [0.1, 0.15) is 37.6 Å². The molecule has 1 amide bonds. The van der Waals surface area contributed by atoms with Crippen LogP contribution in [0.5, 0.6) is 5.75 Å². The average Bonchev–Trinajstić information content (AvgIpc) is 3.14. The quantitative estimate of drug-likeness (QED) is 0.588. The Hall–Kier alpha value is -2.91. The number of para-hydroxylation sites is 2. The topological polar surface area (TPSA) is 93.5 Å². The van der Waals surface area contributed by atoms with Gasteiger partial charge in [-0.2, -0.15) is 4.31 Å². The molecule has 1 aliphatic rings. The third kappa shape index (κ3) is 4.47. The first-order chi connectivity index (χ1) is 15.7. The van der Waals surface area contributed by atoms with Crippen molar-refractivity contribution < 1.29 is 17.9 Å². The molecule has 0 aliphatic carbocycles. The van der Waals surface area contributed by atoms with Gasteiger partial charge in [0.1, 0.15) is 10.6 Å². The molecule has 33 heavy (non-hydrogen) atoms. The number of methoxy groups -OCH3 is 1. The van der Waals surface area contributed by atoms with E-state index >= 15 is 0 Å². The summed E-state index contributed by atoms with van der Waals surface area (Å²) in [6, 6.07) is 12.1. The second-order valence-corrected chi connectivity index (χ2v) is 10.7. The van der Waals surface area contributed by atoms with Crippen LogP contribution in [0, 0.1) is 11.8 Å². The Labute approximate surface area is 194 Å². The molecule has 1 aliphatic heterocycles. The maximum atomic E-state index is 13.5. The van der Waals surface area contributed by atoms with Gasteiger partial charge in [0, 0.05) is 25.2 Å². The summed E-state index contributed by atoms with van der Waals surface area (Å²) < 4.78 is 35.8. The van der Waals surface area contributed by atoms with E-state index in [0.29, 0.717) is 25.6 Å². The molecule has 9 heteroatoms. The summed E-state index contributed by atoms with van der Waals surface area (Å²) in [6.07, 6.45) is 0.990. The van der Waals surface area contributed by atoms with Crippen molar-refractivity contribution in [3.8, 4) is 5.75 Å². The standard InChI is InChI=1S/C24H30N4O4S/c1-5-28-20-9-7-6-8-19(20)25-24(28)26-23(29)18-10-11-21(32-4)22(13-18)33(30,31)27-14-16(2)12-17(3)15-27/h6-11,13,16-17H,5,12,14-15H2,1-4H3,(H,25,26,29). The van der Waals surface area contributed by atoms with Gasteiger partial charge in [-0.1, -0.05) is 26.0 Å². The monoisotopic (exact) mass is 470 g/mol. The van der Waals surface area contributed by atoms with E-state index in [9.17, 15) is 13.2 Å². The minimum Gasteiger partial charge on any atom is -0.495 e. The Balaban J connectivity index is 1.67. The van der Waals surface area contributed by atoms with Gasteiger partial charge in [0.2, 0.25) is 16.0 Å². The number of aromatic nitrogens is 2. The van der Waals surface area contributed by atoms with Crippen molar-refractivity contribution in [3.63, 3.8) is 0 Å². The van der Waals surface area contributed by atoms with Gasteiger partial charge in [0.25, 0.3) is 5.91 Å². The number of sulfonamides is 1. The summed E-state index contributed by atoms with van der Waals surface area (Å²) in [5.41, 5.74) is 1.92. The zero-order valence-electron chi connectivity index (χ0n) is 19.4. The number of anilines is 1. The number of aryl methyl sites for hydroxylation is 1. The van der Waals surface area contributed by atoms with Crippen LogP contribution in [-0.4, -0.2) is 48.4 Å². The molecule has 176 valence electrons. The molecule has 3 aromatic rings. The summed E-state index contributed by atoms with van der Waals surface area (Å²) in [5, 5.41) is 2.84. The molecule has 0 radical (unpaired) electrons. The van der Waals surface area contributed by atoms with Crippen LogP contribution in [0.15, 0.2) is 47.4 Å². The minimum atomic E-state index is -3.83. The summed E-state index contributed by atoms with van der Waals surface area (Å²) in [4.78, 5) is 17.6. The summed E-state index contributed by atoms with van der Waals surface area (Å²) in [5.74, 6) is 0.742. The van der Waals surface area contributed by atoms with Crippen LogP contribution in [0.25, 0.3) is 11.0 Å². The van der Waals surface area contributed by atoms with Crippen LogP contribution in [0.3, 0.4) is 0 Å². The first-order valence-electron chi connectivity index (χ1n) is 11.2. The van der Waals surface area contributed by atoms with E-state index in [-0.39, 0.29) is 28.0 Å². The number of carbonyl (C=O) groups is 1. The van der Waals surface area contributed by atoms with Crippen molar-refractivity contribution in [2.75, 3.05) is 25.5 Å². The number of rotatable bonds is 6. The van der Waals surface area contributed by atoms with E-state index in [1.54, 1.807) is 6.07 Å². The van der Waals surface area contributed by atoms with Gasteiger partial charge in [0.15, 0.2) is 0 Å². The van der Waals surface area contributed by atoms with Gasteiger partial charge in [-0.3, -0.25) is 10.1 Å². The smallest absolute Gasteiger partial charge is 0.258 e. The fourth-order valence-corrected chi connectivity index (χ4v) is 6.49. The Morgan fingerprint density at radius 3 is 2.52 bits per heavy atom. The first-order valence-corrected chi connectivity index (χ1v) is 12.6. The molecule has 1 aromatic heterocycles. The fraction of sp³-hybridized carbons (Fsp3) is 0.417. The van der Waals surface area contributed by atoms with Crippen LogP contribution < -0.4 is 10.1 Å². The maximum absolute atomic E-state index is 13.5. The lowest BCUT2D eigenvalue weighted by Gasteiger charge is -2.34. The van der Waals surface area contributed by atoms with Crippen molar-refractivity contribution in [2.45, 2.75) is 38.6 Å². The zero-order chi connectivity index (χ0) is 23.8. The van der Waals surface area contributed by atoms with Crippen LogP contribution in [0.4, 0.5) is 5.95 Å². The molecule has 2 atom stereocenters. The molecular formula is C24H30N4O4S. The number of amides is 1. The molecule has 2 aromatic carbocycles. The van der Waals surface area contributed by atoms with E-state index in [1.165, 1.54) is 23.5 Å². The minimum absolute atomic E-state index is 0.00273. The molecule has 1 saturated heterocycles. The molecule has 1 N–H and O–H groups in total. The van der Waals surface area contributed by atoms with Crippen molar-refractivity contribution >= 4 is 32.9 Å². The summed E-state index contributed by atoms with van der Waals surface area (Å²) >= 11 is 0. The van der Waals surface area contributed by atoms with Gasteiger partial charge < -0.3 is 9.30 Å². The van der Waals surface area contributed by atoms with Gasteiger partial charge >= 0.3 is 0 Å². The highest BCUT2D eigenvalue weighted by molar-refractivity contribution is 7.89. The van der Waals surface area contributed by atoms with E-state index < -0.39 is 15.9 Å². The third-order valence-corrected chi connectivity index (χ3v) is 7.93. The number of imidazole rings is 1. The van der Waals surface area contributed by atoms with Crippen LogP contribution >= 0.6 is 0 Å². The molecule has 2 unspecified atom stereocenters. The second-order valence-electron chi connectivity index (χ2n) is 8.76. The van der Waals surface area contributed by atoms with Crippen molar-refractivity contribution in [3.05, 3.63) is 48.0 Å². The van der Waals surface area contributed by atoms with Crippen LogP contribution in [-0.2, 0) is 16.6 Å². The highest BCUT2D eigenvalue weighted by Crippen LogP contribution is 2.32. The average molecular weight is 471 g/mol. The SMILES string of the molecule is CCn1c(NC(=O)c2ccc(OC)c(S(=O)(=O)N3CC(C)CC(C)C3)c2)nc2ccccc21. The highest BCUT2D eigenvalue weighted by atomic mass is 32.2. The number of hydrogen-bond acceptors (Lipinski definition) is 5. The zero-order valence-corrected chi connectivity index (χ0v) is 20.2. The first kappa shape index (κ1) is 23.3. The summed E-state index contributed by atoms with van der Waals surface area (Å²) in [6.45, 7) is 7.61. The van der Waals surface area contributed by atoms with Crippen molar-refractivity contribution in [2.24, 2.45) is 11.8 Å². The molecule has 8 nitrogen and oxygen atoms in total. The number of benzene rings is 2. The Morgan fingerprint density at radius 1 is 1.15 bits per heavy atom. The molecule has 1 fully saturated rings. The number of ether oxygens (including phenoxy) is 1. The van der Waals surface area contributed by atoms with E-state index in [4.69, 9.17) is 4.74 Å². The fourth-order valence-electron chi connectivity index (χ4n) is 4.63. The highest BCUT2D eigenvalue weighted by Gasteiger charge is 2.34. The van der Waals surface area contributed by atoms with Crippen LogP contribution in [0.2, 0.25) is 0 Å². The van der Waals surface area contributed by atoms with Gasteiger partial charge in [-0.15, -0.1) is 0 Å². The van der Waals surface area contributed by atoms with Gasteiger partial charge in [0.05, 0.1) is 18.1 Å². The molecule has 2 heterocycles. The molecule has 0 saturated carbocycles. The number of piperidine rings is 1. The lowest BCUT2D eigenvalue weighted by Crippen LogP contribution is -2.42. The third-order valence-electron chi connectivity index (χ3n) is 6.08. The van der Waals surface area contributed by atoms with Crippen molar-refractivity contribution in [1.29, 1.82) is 0 Å². The lowest BCUT2D eigenvalue weighted by molar-refractivity contribution is 0.102. The largest absolute Gasteiger partial charge is 0.495 e. The van der Waals surface area contributed by atoms with E-state index in [2.05, 4.69) is 24.1 Å².